The quantitative estimate of drug-likeness (QED) is 0.676. The normalized spacial score (nSPS) is 12.3. The van der Waals surface area contributed by atoms with Gasteiger partial charge in [-0.1, -0.05) is 30.3 Å². The first-order valence-electron chi connectivity index (χ1n) is 7.12. The van der Waals surface area contributed by atoms with Crippen LogP contribution in [0.15, 0.2) is 53.4 Å². The lowest BCUT2D eigenvalue weighted by Crippen LogP contribution is -2.15. The first-order chi connectivity index (χ1) is 12.1. The van der Waals surface area contributed by atoms with Crippen molar-refractivity contribution in [3.05, 3.63) is 60.0 Å². The lowest BCUT2D eigenvalue weighted by molar-refractivity contribution is -0.141. The number of aromatic nitrogens is 2. The summed E-state index contributed by atoms with van der Waals surface area (Å²) < 4.78 is 75.8. The number of aromatic amines is 1. The van der Waals surface area contributed by atoms with Crippen molar-refractivity contribution >= 4 is 10.0 Å². The summed E-state index contributed by atoms with van der Waals surface area (Å²) in [6.07, 6.45) is -4.67. The predicted octanol–water partition coefficient (Wildman–Crippen LogP) is 3.55. The molecule has 26 heavy (non-hydrogen) atoms. The van der Waals surface area contributed by atoms with Crippen LogP contribution in [0.2, 0.25) is 0 Å². The molecule has 5 nitrogen and oxygen atoms in total. The molecule has 0 aliphatic carbocycles. The van der Waals surface area contributed by atoms with Gasteiger partial charge in [0.15, 0.2) is 0 Å². The van der Waals surface area contributed by atoms with Crippen LogP contribution in [0.3, 0.4) is 0 Å². The Morgan fingerprint density at radius 1 is 1.00 bits per heavy atom. The van der Waals surface area contributed by atoms with Crippen LogP contribution >= 0.6 is 0 Å². The number of nitrogens with two attached hydrogens (primary N) is 1. The van der Waals surface area contributed by atoms with Gasteiger partial charge in [0.25, 0.3) is 0 Å². The van der Waals surface area contributed by atoms with Crippen LogP contribution in [0.1, 0.15) is 5.69 Å². The Morgan fingerprint density at radius 2 is 1.62 bits per heavy atom. The van der Waals surface area contributed by atoms with Crippen molar-refractivity contribution in [2.24, 2.45) is 5.14 Å². The first-order valence-corrected chi connectivity index (χ1v) is 8.67. The van der Waals surface area contributed by atoms with Crippen molar-refractivity contribution in [1.82, 2.24) is 10.2 Å². The summed E-state index contributed by atoms with van der Waals surface area (Å²) in [5, 5.41) is 10.7. The molecule has 0 atom stereocenters. The van der Waals surface area contributed by atoms with Crippen molar-refractivity contribution in [2.75, 3.05) is 0 Å². The molecule has 0 bridgehead atoms. The van der Waals surface area contributed by atoms with Gasteiger partial charge in [-0.15, -0.1) is 0 Å². The van der Waals surface area contributed by atoms with Gasteiger partial charge in [-0.05, 0) is 23.8 Å². The highest BCUT2D eigenvalue weighted by Gasteiger charge is 2.34. The second-order valence-electron chi connectivity index (χ2n) is 5.40. The van der Waals surface area contributed by atoms with Gasteiger partial charge in [-0.2, -0.15) is 18.3 Å². The van der Waals surface area contributed by atoms with Gasteiger partial charge in [0.1, 0.15) is 11.5 Å². The van der Waals surface area contributed by atoms with E-state index in [0.717, 1.165) is 12.1 Å². The zero-order chi connectivity index (χ0) is 19.1. The van der Waals surface area contributed by atoms with Gasteiger partial charge < -0.3 is 0 Å². The third kappa shape index (κ3) is 3.46. The molecule has 3 aromatic rings. The molecule has 0 saturated carbocycles. The summed E-state index contributed by atoms with van der Waals surface area (Å²) in [6.45, 7) is 0. The van der Waals surface area contributed by atoms with Crippen LogP contribution in [0.5, 0.6) is 0 Å². The number of sulfonamides is 1. The van der Waals surface area contributed by atoms with Crippen LogP contribution in [-0.2, 0) is 16.2 Å². The predicted molar refractivity (Wildman–Crippen MR) is 85.8 cm³/mol. The summed E-state index contributed by atoms with van der Waals surface area (Å²) >= 11 is 0. The summed E-state index contributed by atoms with van der Waals surface area (Å²) in [7, 11) is -4.33. The number of primary sulfonamides is 1. The lowest BCUT2D eigenvalue weighted by Gasteiger charge is -2.12. The van der Waals surface area contributed by atoms with E-state index in [1.165, 1.54) is 30.3 Å². The molecule has 3 N–H and O–H groups in total. The molecule has 2 aromatic carbocycles. The van der Waals surface area contributed by atoms with Crippen molar-refractivity contribution in [1.29, 1.82) is 0 Å². The van der Waals surface area contributed by atoms with Crippen LogP contribution in [0.4, 0.5) is 17.6 Å². The number of H-pyrrole nitrogens is 1. The van der Waals surface area contributed by atoms with E-state index in [1.54, 1.807) is 0 Å². The smallest absolute Gasteiger partial charge is 0.273 e. The lowest BCUT2D eigenvalue weighted by atomic mass is 10.0. The molecule has 1 aromatic heterocycles. The van der Waals surface area contributed by atoms with Crippen molar-refractivity contribution in [2.45, 2.75) is 11.1 Å². The highest BCUT2D eigenvalue weighted by molar-refractivity contribution is 7.89. The minimum absolute atomic E-state index is 0.0962. The Hall–Kier alpha value is -2.72. The summed E-state index contributed by atoms with van der Waals surface area (Å²) in [5.74, 6) is -0.524. The van der Waals surface area contributed by atoms with Crippen molar-refractivity contribution in [3.63, 3.8) is 0 Å². The van der Waals surface area contributed by atoms with Crippen molar-refractivity contribution in [3.8, 4) is 22.4 Å². The zero-order valence-corrected chi connectivity index (χ0v) is 13.7. The molecule has 10 heteroatoms. The molecule has 136 valence electrons. The molecule has 0 aliphatic rings. The molecular weight excluding hydrogens is 374 g/mol. The number of nitrogens with zero attached hydrogens (tertiary/aromatic N) is 1. The first kappa shape index (κ1) is 18.1. The Morgan fingerprint density at radius 3 is 2.15 bits per heavy atom. The SMILES string of the molecule is NS(=O)(=O)c1c(-c2ccc(F)cc2)cccc1-c1cc(C(F)(F)F)[nH]n1. The largest absolute Gasteiger partial charge is 0.432 e. The van der Waals surface area contributed by atoms with Gasteiger partial charge >= 0.3 is 6.18 Å². The number of hydrogen-bond acceptors (Lipinski definition) is 3. The van der Waals surface area contributed by atoms with Crippen LogP contribution in [0, 0.1) is 5.82 Å². The monoisotopic (exact) mass is 385 g/mol. The van der Waals surface area contributed by atoms with Gasteiger partial charge in [0, 0.05) is 11.1 Å². The average molecular weight is 385 g/mol. The molecule has 0 spiro atoms. The second-order valence-corrected chi connectivity index (χ2v) is 6.90. The molecule has 3 rings (SSSR count). The molecular formula is C16H11F4N3O2S. The Kier molecular flexibility index (Phi) is 4.32. The molecule has 0 amide bonds. The van der Waals surface area contributed by atoms with Crippen LogP contribution in [-0.4, -0.2) is 18.6 Å². The third-order valence-electron chi connectivity index (χ3n) is 3.61. The van der Waals surface area contributed by atoms with E-state index in [4.69, 9.17) is 5.14 Å². The maximum Gasteiger partial charge on any atom is 0.432 e. The van der Waals surface area contributed by atoms with Gasteiger partial charge in [-0.3, -0.25) is 5.10 Å². The van der Waals surface area contributed by atoms with E-state index < -0.39 is 32.6 Å². The van der Waals surface area contributed by atoms with Gasteiger partial charge in [-0.25, -0.2) is 17.9 Å². The average Bonchev–Trinajstić information content (AvgIpc) is 3.04. The number of benzene rings is 2. The van der Waals surface area contributed by atoms with Gasteiger partial charge in [0.2, 0.25) is 10.0 Å². The fourth-order valence-corrected chi connectivity index (χ4v) is 3.48. The van der Waals surface area contributed by atoms with E-state index >= 15 is 0 Å². The van der Waals surface area contributed by atoms with Crippen LogP contribution in [0.25, 0.3) is 22.4 Å². The molecule has 1 heterocycles. The third-order valence-corrected chi connectivity index (χ3v) is 4.62. The highest BCUT2D eigenvalue weighted by Crippen LogP contribution is 2.36. The molecule has 0 fully saturated rings. The fraction of sp³-hybridized carbons (Fsp3) is 0.0625. The van der Waals surface area contributed by atoms with E-state index in [1.807, 2.05) is 5.10 Å². The second kappa shape index (κ2) is 6.22. The maximum atomic E-state index is 13.1. The standard InChI is InChI=1S/C16H11F4N3O2S/c17-10-6-4-9(5-7-10)11-2-1-3-12(15(11)26(21,24)25)13-8-14(23-22-13)16(18,19)20/h1-8H,(H,22,23)(H2,21,24,25). The van der Waals surface area contributed by atoms with Gasteiger partial charge in [0.05, 0.1) is 10.6 Å². The van der Waals surface area contributed by atoms with E-state index in [-0.39, 0.29) is 16.8 Å². The Balaban J connectivity index is 2.25. The number of alkyl halides is 3. The van der Waals surface area contributed by atoms with E-state index in [9.17, 15) is 26.0 Å². The fourth-order valence-electron chi connectivity index (χ4n) is 2.51. The topological polar surface area (TPSA) is 88.8 Å². The molecule has 0 saturated heterocycles. The highest BCUT2D eigenvalue weighted by atomic mass is 32.2. The number of halogens is 4. The number of hydrogen-bond donors (Lipinski definition) is 2. The van der Waals surface area contributed by atoms with E-state index in [0.29, 0.717) is 11.6 Å². The Bertz CT molecular complexity index is 1060. The number of nitrogens with one attached hydrogen (secondary N) is 1. The molecule has 0 unspecified atom stereocenters. The number of rotatable bonds is 3. The Labute approximate surface area is 145 Å². The maximum absolute atomic E-state index is 13.1. The van der Waals surface area contributed by atoms with Crippen molar-refractivity contribution < 1.29 is 26.0 Å². The minimum Gasteiger partial charge on any atom is -0.273 e. The molecule has 0 aliphatic heterocycles. The summed E-state index contributed by atoms with van der Waals surface area (Å²) in [4.78, 5) is -0.396. The summed E-state index contributed by atoms with van der Waals surface area (Å²) in [6, 6.07) is 9.81. The van der Waals surface area contributed by atoms with Crippen LogP contribution < -0.4 is 5.14 Å². The molecule has 0 radical (unpaired) electrons. The summed E-state index contributed by atoms with van der Waals surface area (Å²) in [5.41, 5.74) is -0.989. The zero-order valence-electron chi connectivity index (χ0n) is 12.9. The minimum atomic E-state index is -4.67. The van der Waals surface area contributed by atoms with E-state index in [2.05, 4.69) is 5.10 Å².